The number of carboxylic acids is 1. The van der Waals surface area contributed by atoms with Gasteiger partial charge >= 0.3 is 5.97 Å². The second-order valence-electron chi connectivity index (χ2n) is 2.24. The molecule has 0 spiro atoms. The zero-order chi connectivity index (χ0) is 8.55. The van der Waals surface area contributed by atoms with Gasteiger partial charge in [-0.1, -0.05) is 5.16 Å². The fourth-order valence-corrected chi connectivity index (χ4v) is 0.880. The summed E-state index contributed by atoms with van der Waals surface area (Å²) in [6, 6.07) is 1.34. The molecule has 60 valence electrons. The summed E-state index contributed by atoms with van der Waals surface area (Å²) >= 11 is 0. The fraction of sp³-hybridized carbons (Fsp3) is 0. The molecule has 5 nitrogen and oxygen atoms in total. The zero-order valence-electron chi connectivity index (χ0n) is 5.89. The van der Waals surface area contributed by atoms with Gasteiger partial charge in [-0.15, -0.1) is 0 Å². The van der Waals surface area contributed by atoms with Crippen LogP contribution in [0.5, 0.6) is 0 Å². The van der Waals surface area contributed by atoms with E-state index >= 15 is 0 Å². The molecule has 2 heterocycles. The smallest absolute Gasteiger partial charge is 0.354 e. The van der Waals surface area contributed by atoms with E-state index in [0.29, 0.717) is 11.0 Å². The Bertz CT molecular complexity index is 435. The molecule has 2 rings (SSSR count). The summed E-state index contributed by atoms with van der Waals surface area (Å²) in [5.74, 6) is -1.08. The largest absolute Gasteiger partial charge is 0.477 e. The second kappa shape index (κ2) is 2.30. The molecule has 1 N–H and O–H groups in total. The van der Waals surface area contributed by atoms with Gasteiger partial charge in [-0.25, -0.2) is 9.78 Å². The van der Waals surface area contributed by atoms with E-state index in [4.69, 9.17) is 9.63 Å². The van der Waals surface area contributed by atoms with Crippen LogP contribution in [0.2, 0.25) is 0 Å². The van der Waals surface area contributed by atoms with E-state index < -0.39 is 5.97 Å². The molecule has 0 aliphatic heterocycles. The van der Waals surface area contributed by atoms with Crippen molar-refractivity contribution in [1.29, 1.82) is 0 Å². The average Bonchev–Trinajstić information content (AvgIpc) is 2.49. The molecule has 2 aromatic heterocycles. The number of carboxylic acid groups (broad SMARTS) is 1. The maximum absolute atomic E-state index is 10.4. The highest BCUT2D eigenvalue weighted by atomic mass is 16.5. The molecule has 0 aliphatic rings. The predicted molar refractivity (Wildman–Crippen MR) is 38.8 cm³/mol. The molecule has 0 radical (unpaired) electrons. The Labute approximate surface area is 66.6 Å². The molecule has 0 atom stereocenters. The normalized spacial score (nSPS) is 10.3. The number of fused-ring (bicyclic) bond motifs is 1. The van der Waals surface area contributed by atoms with Crippen LogP contribution < -0.4 is 0 Å². The van der Waals surface area contributed by atoms with Gasteiger partial charge < -0.3 is 9.63 Å². The Hall–Kier alpha value is -1.91. The van der Waals surface area contributed by atoms with Gasteiger partial charge in [0.05, 0.1) is 11.6 Å². The Kier molecular flexibility index (Phi) is 1.30. The molecule has 5 heteroatoms. The summed E-state index contributed by atoms with van der Waals surface area (Å²) in [5.41, 5.74) is 0.390. The molecule has 2 aromatic rings. The number of hydrogen-bond acceptors (Lipinski definition) is 4. The molecular formula is C7H4N2O3. The van der Waals surface area contributed by atoms with E-state index in [2.05, 4.69) is 10.1 Å². The van der Waals surface area contributed by atoms with Crippen molar-refractivity contribution in [3.63, 3.8) is 0 Å². The maximum atomic E-state index is 10.4. The summed E-state index contributed by atoms with van der Waals surface area (Å²) < 4.78 is 4.76. The SMILES string of the molecule is O=C(O)c1cc2oncc2cn1. The number of hydrogen-bond donors (Lipinski definition) is 1. The quantitative estimate of drug-likeness (QED) is 0.678. The molecule has 0 fully saturated rings. The monoisotopic (exact) mass is 164 g/mol. The summed E-state index contributed by atoms with van der Waals surface area (Å²) in [6.45, 7) is 0. The van der Waals surface area contributed by atoms with E-state index in [1.165, 1.54) is 18.5 Å². The lowest BCUT2D eigenvalue weighted by atomic mass is 10.3. The van der Waals surface area contributed by atoms with Crippen LogP contribution in [0.1, 0.15) is 10.5 Å². The molecule has 0 amide bonds. The van der Waals surface area contributed by atoms with Crippen molar-refractivity contribution in [3.8, 4) is 0 Å². The topological polar surface area (TPSA) is 76.2 Å². The van der Waals surface area contributed by atoms with Crippen molar-refractivity contribution in [2.24, 2.45) is 0 Å². The third kappa shape index (κ3) is 0.914. The van der Waals surface area contributed by atoms with E-state index in [9.17, 15) is 4.79 Å². The minimum Gasteiger partial charge on any atom is -0.477 e. The first-order valence-electron chi connectivity index (χ1n) is 3.21. The standard InChI is InChI=1S/C7H4N2O3/c10-7(11)5-1-6-4(2-8-5)3-9-12-6/h1-3H,(H,10,11). The third-order valence-electron chi connectivity index (χ3n) is 1.46. The average molecular weight is 164 g/mol. The molecule has 0 aromatic carbocycles. The first kappa shape index (κ1) is 6.78. The zero-order valence-corrected chi connectivity index (χ0v) is 5.89. The Morgan fingerprint density at radius 1 is 1.50 bits per heavy atom. The van der Waals surface area contributed by atoms with Crippen LogP contribution in [0, 0.1) is 0 Å². The highest BCUT2D eigenvalue weighted by molar-refractivity contribution is 5.89. The lowest BCUT2D eigenvalue weighted by Gasteiger charge is -1.90. The summed E-state index contributed by atoms with van der Waals surface area (Å²) in [5, 5.41) is 12.7. The Morgan fingerprint density at radius 2 is 2.33 bits per heavy atom. The second-order valence-corrected chi connectivity index (χ2v) is 2.24. The van der Waals surface area contributed by atoms with Crippen molar-refractivity contribution in [1.82, 2.24) is 10.1 Å². The van der Waals surface area contributed by atoms with Crippen LogP contribution in [0.25, 0.3) is 11.0 Å². The molecule has 12 heavy (non-hydrogen) atoms. The van der Waals surface area contributed by atoms with E-state index in [1.54, 1.807) is 0 Å². The maximum Gasteiger partial charge on any atom is 0.354 e. The van der Waals surface area contributed by atoms with Gasteiger partial charge in [0, 0.05) is 12.3 Å². The number of pyridine rings is 1. The highest BCUT2D eigenvalue weighted by Gasteiger charge is 2.06. The molecule has 0 saturated carbocycles. The van der Waals surface area contributed by atoms with Crippen LogP contribution in [-0.4, -0.2) is 21.2 Å². The van der Waals surface area contributed by atoms with Gasteiger partial charge in [0.25, 0.3) is 0 Å². The van der Waals surface area contributed by atoms with Gasteiger partial charge in [0.1, 0.15) is 0 Å². The van der Waals surface area contributed by atoms with Crippen LogP contribution >= 0.6 is 0 Å². The number of nitrogens with zero attached hydrogens (tertiary/aromatic N) is 2. The van der Waals surface area contributed by atoms with Gasteiger partial charge in [-0.05, 0) is 0 Å². The molecule has 0 aliphatic carbocycles. The molecule has 0 saturated heterocycles. The fourth-order valence-electron chi connectivity index (χ4n) is 0.880. The molecule has 0 bridgehead atoms. The van der Waals surface area contributed by atoms with E-state index in [0.717, 1.165) is 0 Å². The Morgan fingerprint density at radius 3 is 3.08 bits per heavy atom. The van der Waals surface area contributed by atoms with Gasteiger partial charge in [0.15, 0.2) is 11.3 Å². The van der Waals surface area contributed by atoms with Gasteiger partial charge in [-0.3, -0.25) is 0 Å². The van der Waals surface area contributed by atoms with Crippen molar-refractivity contribution in [2.75, 3.05) is 0 Å². The number of aromatic nitrogens is 2. The minimum absolute atomic E-state index is 0.0424. The van der Waals surface area contributed by atoms with Crippen LogP contribution in [0.3, 0.4) is 0 Å². The number of rotatable bonds is 1. The predicted octanol–water partition coefficient (Wildman–Crippen LogP) is 0.921. The van der Waals surface area contributed by atoms with Gasteiger partial charge in [-0.2, -0.15) is 0 Å². The van der Waals surface area contributed by atoms with Crippen molar-refractivity contribution in [2.45, 2.75) is 0 Å². The third-order valence-corrected chi connectivity index (χ3v) is 1.46. The molecule has 0 unspecified atom stereocenters. The minimum atomic E-state index is -1.08. The Balaban J connectivity index is 2.68. The van der Waals surface area contributed by atoms with Crippen LogP contribution in [-0.2, 0) is 0 Å². The lowest BCUT2D eigenvalue weighted by Crippen LogP contribution is -1.98. The lowest BCUT2D eigenvalue weighted by molar-refractivity contribution is 0.0690. The van der Waals surface area contributed by atoms with Crippen LogP contribution in [0.4, 0.5) is 0 Å². The van der Waals surface area contributed by atoms with Crippen molar-refractivity contribution >= 4 is 16.9 Å². The van der Waals surface area contributed by atoms with Crippen LogP contribution in [0.15, 0.2) is 23.0 Å². The summed E-state index contributed by atoms with van der Waals surface area (Å²) in [6.07, 6.45) is 2.89. The first-order valence-corrected chi connectivity index (χ1v) is 3.21. The first-order chi connectivity index (χ1) is 5.77. The van der Waals surface area contributed by atoms with E-state index in [-0.39, 0.29) is 5.69 Å². The summed E-state index contributed by atoms with van der Waals surface area (Å²) in [4.78, 5) is 14.1. The van der Waals surface area contributed by atoms with E-state index in [1.807, 2.05) is 0 Å². The van der Waals surface area contributed by atoms with Crippen molar-refractivity contribution in [3.05, 3.63) is 24.2 Å². The van der Waals surface area contributed by atoms with Crippen molar-refractivity contribution < 1.29 is 14.4 Å². The summed E-state index contributed by atoms with van der Waals surface area (Å²) in [7, 11) is 0. The number of carbonyl (C=O) groups is 1. The number of aromatic carboxylic acids is 1. The highest BCUT2D eigenvalue weighted by Crippen LogP contribution is 2.12. The van der Waals surface area contributed by atoms with Gasteiger partial charge in [0.2, 0.25) is 0 Å². The molecular weight excluding hydrogens is 160 g/mol.